The Bertz CT molecular complexity index is 636. The van der Waals surface area contributed by atoms with Crippen molar-refractivity contribution in [3.63, 3.8) is 0 Å². The van der Waals surface area contributed by atoms with Crippen LogP contribution in [0.4, 0.5) is 5.95 Å². The highest BCUT2D eigenvalue weighted by Crippen LogP contribution is 2.22. The van der Waals surface area contributed by atoms with Crippen molar-refractivity contribution >= 4 is 29.4 Å². The summed E-state index contributed by atoms with van der Waals surface area (Å²) in [5, 5.41) is 9.08. The molecule has 0 aromatic carbocycles. The monoisotopic (exact) mass is 354 g/mol. The van der Waals surface area contributed by atoms with Gasteiger partial charge in [-0.05, 0) is 12.8 Å². The van der Waals surface area contributed by atoms with E-state index < -0.39 is 12.1 Å². The Balaban J connectivity index is 1.76. The molecule has 2 aliphatic rings. The van der Waals surface area contributed by atoms with Gasteiger partial charge in [-0.1, -0.05) is 11.6 Å². The number of carboxylic acids is 1. The first kappa shape index (κ1) is 16.9. The van der Waals surface area contributed by atoms with Crippen LogP contribution in [0.3, 0.4) is 0 Å². The van der Waals surface area contributed by atoms with Gasteiger partial charge in [0.25, 0.3) is 5.91 Å². The van der Waals surface area contributed by atoms with E-state index in [1.807, 2.05) is 4.90 Å². The van der Waals surface area contributed by atoms with Crippen molar-refractivity contribution in [1.29, 1.82) is 0 Å². The second-order valence-electron chi connectivity index (χ2n) is 5.90. The van der Waals surface area contributed by atoms with Crippen LogP contribution in [-0.4, -0.2) is 70.7 Å². The van der Waals surface area contributed by atoms with E-state index in [9.17, 15) is 9.59 Å². The van der Waals surface area contributed by atoms with Crippen molar-refractivity contribution in [2.75, 3.05) is 37.7 Å². The number of hydrogen-bond donors (Lipinski definition) is 1. The Morgan fingerprint density at radius 2 is 2.08 bits per heavy atom. The molecule has 0 saturated carbocycles. The summed E-state index contributed by atoms with van der Waals surface area (Å²) in [4.78, 5) is 35.7. The summed E-state index contributed by atoms with van der Waals surface area (Å²) < 4.78 is 5.39. The summed E-state index contributed by atoms with van der Waals surface area (Å²) in [6.45, 7) is 2.63. The fourth-order valence-corrected chi connectivity index (χ4v) is 3.12. The molecule has 2 fully saturated rings. The average Bonchev–Trinajstić information content (AvgIpc) is 3.09. The number of nitrogens with zero attached hydrogens (tertiary/aromatic N) is 4. The molecule has 0 bridgehead atoms. The standard InChI is InChI=1S/C15H19ClN4O4/c16-11-8-17-15(19-3-1-2-4-19)18-13(11)14(23)20-5-6-24-10(9-20)7-12(21)22/h8,10H,1-7,9H2,(H,21,22). The van der Waals surface area contributed by atoms with E-state index in [1.54, 1.807) is 4.90 Å². The van der Waals surface area contributed by atoms with Gasteiger partial charge in [-0.3, -0.25) is 9.59 Å². The van der Waals surface area contributed by atoms with Gasteiger partial charge in [0.15, 0.2) is 5.69 Å². The third kappa shape index (κ3) is 3.76. The molecule has 9 heteroatoms. The highest BCUT2D eigenvalue weighted by Gasteiger charge is 2.29. The predicted molar refractivity (Wildman–Crippen MR) is 86.4 cm³/mol. The summed E-state index contributed by atoms with van der Waals surface area (Å²) in [6.07, 6.45) is 2.95. The molecule has 1 aromatic heterocycles. The molecule has 1 amide bonds. The number of ether oxygens (including phenoxy) is 1. The van der Waals surface area contributed by atoms with Crippen LogP contribution in [0, 0.1) is 0 Å². The fraction of sp³-hybridized carbons (Fsp3) is 0.600. The second kappa shape index (κ2) is 7.31. The molecular formula is C15H19ClN4O4. The predicted octanol–water partition coefficient (Wildman–Crippen LogP) is 1.05. The van der Waals surface area contributed by atoms with Crippen LogP contribution in [0.15, 0.2) is 6.20 Å². The largest absolute Gasteiger partial charge is 0.481 e. The molecule has 1 aromatic rings. The second-order valence-corrected chi connectivity index (χ2v) is 6.31. The molecule has 1 unspecified atom stereocenters. The summed E-state index contributed by atoms with van der Waals surface area (Å²) in [5.74, 6) is -0.761. The topological polar surface area (TPSA) is 95.9 Å². The molecule has 24 heavy (non-hydrogen) atoms. The number of halogens is 1. The minimum absolute atomic E-state index is 0.139. The highest BCUT2D eigenvalue weighted by molar-refractivity contribution is 6.33. The zero-order valence-corrected chi connectivity index (χ0v) is 13.9. The molecule has 0 radical (unpaired) electrons. The van der Waals surface area contributed by atoms with Crippen LogP contribution < -0.4 is 4.90 Å². The number of hydrogen-bond acceptors (Lipinski definition) is 6. The molecule has 3 heterocycles. The molecule has 0 aliphatic carbocycles. The van der Waals surface area contributed by atoms with E-state index >= 15 is 0 Å². The molecule has 0 spiro atoms. The van der Waals surface area contributed by atoms with Crippen molar-refractivity contribution in [1.82, 2.24) is 14.9 Å². The number of anilines is 1. The van der Waals surface area contributed by atoms with Gasteiger partial charge in [0.1, 0.15) is 0 Å². The van der Waals surface area contributed by atoms with Crippen LogP contribution in [-0.2, 0) is 9.53 Å². The molecule has 130 valence electrons. The molecule has 2 aliphatic heterocycles. The normalized spacial score (nSPS) is 21.1. The quantitative estimate of drug-likeness (QED) is 0.863. The van der Waals surface area contributed by atoms with Gasteiger partial charge >= 0.3 is 5.97 Å². The van der Waals surface area contributed by atoms with Crippen molar-refractivity contribution in [2.24, 2.45) is 0 Å². The molecule has 3 rings (SSSR count). The lowest BCUT2D eigenvalue weighted by Crippen LogP contribution is -2.46. The lowest BCUT2D eigenvalue weighted by molar-refractivity contribution is -0.141. The first-order valence-corrected chi connectivity index (χ1v) is 8.32. The third-order valence-corrected chi connectivity index (χ3v) is 4.43. The molecule has 2 saturated heterocycles. The average molecular weight is 355 g/mol. The maximum Gasteiger partial charge on any atom is 0.306 e. The van der Waals surface area contributed by atoms with E-state index in [4.69, 9.17) is 21.4 Å². The van der Waals surface area contributed by atoms with Crippen molar-refractivity contribution in [2.45, 2.75) is 25.4 Å². The Kier molecular flexibility index (Phi) is 5.15. The van der Waals surface area contributed by atoms with Crippen LogP contribution in [0.1, 0.15) is 29.8 Å². The number of aliphatic carboxylic acids is 1. The molecule has 1 N–H and O–H groups in total. The van der Waals surface area contributed by atoms with Gasteiger partial charge < -0.3 is 19.6 Å². The van der Waals surface area contributed by atoms with Gasteiger partial charge in [-0.25, -0.2) is 9.97 Å². The molecule has 8 nitrogen and oxygen atoms in total. The Labute approximate surface area is 144 Å². The van der Waals surface area contributed by atoms with Gasteiger partial charge in [-0.15, -0.1) is 0 Å². The highest BCUT2D eigenvalue weighted by atomic mass is 35.5. The third-order valence-electron chi connectivity index (χ3n) is 4.15. The van der Waals surface area contributed by atoms with E-state index in [0.29, 0.717) is 19.1 Å². The van der Waals surface area contributed by atoms with Crippen LogP contribution in [0.25, 0.3) is 0 Å². The number of carbonyl (C=O) groups is 2. The number of morpholine rings is 1. The number of carbonyl (C=O) groups excluding carboxylic acids is 1. The summed E-state index contributed by atoms with van der Waals surface area (Å²) >= 11 is 6.12. The van der Waals surface area contributed by atoms with E-state index in [1.165, 1.54) is 6.20 Å². The van der Waals surface area contributed by atoms with Crippen LogP contribution in [0.2, 0.25) is 5.02 Å². The zero-order chi connectivity index (χ0) is 17.1. The smallest absolute Gasteiger partial charge is 0.306 e. The number of aromatic nitrogens is 2. The number of carboxylic acid groups (broad SMARTS) is 1. The van der Waals surface area contributed by atoms with Crippen LogP contribution in [0.5, 0.6) is 0 Å². The van der Waals surface area contributed by atoms with E-state index in [0.717, 1.165) is 25.9 Å². The number of rotatable bonds is 4. The lowest BCUT2D eigenvalue weighted by atomic mass is 10.2. The van der Waals surface area contributed by atoms with Gasteiger partial charge in [0, 0.05) is 26.2 Å². The van der Waals surface area contributed by atoms with E-state index in [-0.39, 0.29) is 29.6 Å². The van der Waals surface area contributed by atoms with Crippen molar-refractivity contribution < 1.29 is 19.4 Å². The Morgan fingerprint density at radius 1 is 1.33 bits per heavy atom. The lowest BCUT2D eigenvalue weighted by Gasteiger charge is -2.32. The summed E-state index contributed by atoms with van der Waals surface area (Å²) in [5.41, 5.74) is 0.157. The summed E-state index contributed by atoms with van der Waals surface area (Å²) in [6, 6.07) is 0. The van der Waals surface area contributed by atoms with Gasteiger partial charge in [0.2, 0.25) is 5.95 Å². The fourth-order valence-electron chi connectivity index (χ4n) is 2.95. The minimum atomic E-state index is -0.953. The van der Waals surface area contributed by atoms with Crippen molar-refractivity contribution in [3.8, 4) is 0 Å². The first-order chi connectivity index (χ1) is 11.5. The summed E-state index contributed by atoms with van der Waals surface area (Å²) in [7, 11) is 0. The Hall–Kier alpha value is -1.93. The molecular weight excluding hydrogens is 336 g/mol. The van der Waals surface area contributed by atoms with Crippen molar-refractivity contribution in [3.05, 3.63) is 16.9 Å². The van der Waals surface area contributed by atoms with Gasteiger partial charge in [-0.2, -0.15) is 0 Å². The van der Waals surface area contributed by atoms with Crippen LogP contribution >= 0.6 is 11.6 Å². The minimum Gasteiger partial charge on any atom is -0.481 e. The first-order valence-electron chi connectivity index (χ1n) is 7.95. The maximum absolute atomic E-state index is 12.7. The zero-order valence-electron chi connectivity index (χ0n) is 13.2. The SMILES string of the molecule is O=C(O)CC1CN(C(=O)c2nc(N3CCCC3)ncc2Cl)CCO1. The molecule has 1 atom stereocenters. The Morgan fingerprint density at radius 3 is 2.79 bits per heavy atom. The number of amides is 1. The maximum atomic E-state index is 12.7. The van der Waals surface area contributed by atoms with E-state index in [2.05, 4.69) is 9.97 Å². The van der Waals surface area contributed by atoms with Gasteiger partial charge in [0.05, 0.1) is 30.4 Å².